The zero-order valence-electron chi connectivity index (χ0n) is 21.8. The minimum Gasteiger partial charge on any atom is -0.481 e. The molecule has 3 rings (SSSR count). The number of pyridine rings is 1. The van der Waals surface area contributed by atoms with Crippen molar-refractivity contribution in [3.63, 3.8) is 0 Å². The maximum atomic E-state index is 12.7. The zero-order chi connectivity index (χ0) is 25.3. The van der Waals surface area contributed by atoms with E-state index in [9.17, 15) is 4.57 Å². The summed E-state index contributed by atoms with van der Waals surface area (Å²) >= 11 is 0. The Morgan fingerprint density at radius 3 is 2.23 bits per heavy atom. The molecule has 7 nitrogen and oxygen atoms in total. The molecule has 1 aliphatic rings. The summed E-state index contributed by atoms with van der Waals surface area (Å²) in [6, 6.07) is 8.03. The number of nitrogens with zero attached hydrogens (tertiary/aromatic N) is 1. The Hall–Kier alpha value is -1.92. The lowest BCUT2D eigenvalue weighted by molar-refractivity contribution is 0.0496. The van der Waals surface area contributed by atoms with Crippen molar-refractivity contribution in [2.24, 2.45) is 0 Å². The van der Waals surface area contributed by atoms with E-state index in [2.05, 4.69) is 13.8 Å². The molecule has 194 valence electrons. The summed E-state index contributed by atoms with van der Waals surface area (Å²) < 4.78 is 40.2. The van der Waals surface area contributed by atoms with Crippen LogP contribution >= 0.6 is 7.60 Å². The van der Waals surface area contributed by atoms with Crippen LogP contribution in [0.4, 0.5) is 0 Å². The third-order valence-electron chi connectivity index (χ3n) is 6.34. The number of ether oxygens (including phenoxy) is 3. The monoisotopic (exact) mass is 505 g/mol. The highest BCUT2D eigenvalue weighted by Crippen LogP contribution is 2.48. The summed E-state index contributed by atoms with van der Waals surface area (Å²) in [6.45, 7) is 8.55. The van der Waals surface area contributed by atoms with E-state index in [0.717, 1.165) is 47.5 Å². The van der Waals surface area contributed by atoms with Crippen LogP contribution in [0.15, 0.2) is 24.3 Å². The fraction of sp³-hybridized carbons (Fsp3) is 0.593. The fourth-order valence-corrected chi connectivity index (χ4v) is 5.99. The van der Waals surface area contributed by atoms with Gasteiger partial charge in [0.15, 0.2) is 13.1 Å². The van der Waals surface area contributed by atoms with Crippen LogP contribution in [0.25, 0.3) is 0 Å². The highest BCUT2D eigenvalue weighted by Gasteiger charge is 2.25. The molecule has 0 bridgehead atoms. The molecule has 0 amide bonds. The van der Waals surface area contributed by atoms with E-state index < -0.39 is 7.60 Å². The van der Waals surface area contributed by atoms with Crippen LogP contribution < -0.4 is 9.47 Å². The average Bonchev–Trinajstić information content (AvgIpc) is 2.85. The first kappa shape index (κ1) is 27.7. The molecule has 0 saturated heterocycles. The van der Waals surface area contributed by atoms with Gasteiger partial charge in [0.05, 0.1) is 18.9 Å². The molecule has 2 aromatic rings. The normalized spacial score (nSPS) is 14.8. The summed E-state index contributed by atoms with van der Waals surface area (Å²) in [5.74, 6) is 1.91. The zero-order valence-corrected chi connectivity index (χ0v) is 22.7. The highest BCUT2D eigenvalue weighted by molar-refractivity contribution is 7.53. The molecule has 1 aromatic carbocycles. The molecule has 1 heterocycles. The first-order chi connectivity index (χ1) is 16.9. The van der Waals surface area contributed by atoms with E-state index in [1.54, 1.807) is 21.0 Å². The van der Waals surface area contributed by atoms with Crippen molar-refractivity contribution in [2.45, 2.75) is 72.1 Å². The van der Waals surface area contributed by atoms with Crippen molar-refractivity contribution in [3.05, 3.63) is 52.3 Å². The molecule has 8 heteroatoms. The van der Waals surface area contributed by atoms with Gasteiger partial charge in [0.2, 0.25) is 0 Å². The first-order valence-electron chi connectivity index (χ1n) is 12.6. The molecule has 0 unspecified atom stereocenters. The van der Waals surface area contributed by atoms with Crippen molar-refractivity contribution < 1.29 is 27.8 Å². The topological polar surface area (TPSA) is 76.1 Å². The summed E-state index contributed by atoms with van der Waals surface area (Å²) in [6.07, 6.45) is 6.68. The summed E-state index contributed by atoms with van der Waals surface area (Å²) in [7, 11) is -1.63. The second-order valence-corrected chi connectivity index (χ2v) is 11.0. The SMILES string of the molecule is CCOP(=O)(COc1cc(C)c(Cc2ccc(OCOC)c(C3CCCCC3)n2)c(C)c1)OCC. The number of methoxy groups -OCH3 is 1. The molecule has 0 radical (unpaired) electrons. The van der Waals surface area contributed by atoms with Gasteiger partial charge in [-0.1, -0.05) is 19.3 Å². The molecule has 35 heavy (non-hydrogen) atoms. The number of hydrogen-bond donors (Lipinski definition) is 0. The van der Waals surface area contributed by atoms with Crippen LogP contribution in [0, 0.1) is 13.8 Å². The predicted octanol–water partition coefficient (Wildman–Crippen LogP) is 6.92. The number of rotatable bonds is 13. The van der Waals surface area contributed by atoms with Crippen LogP contribution in [-0.4, -0.2) is 38.4 Å². The van der Waals surface area contributed by atoms with Crippen LogP contribution in [0.2, 0.25) is 0 Å². The van der Waals surface area contributed by atoms with E-state index in [1.165, 1.54) is 24.8 Å². The van der Waals surface area contributed by atoms with Crippen LogP contribution in [0.5, 0.6) is 11.5 Å². The van der Waals surface area contributed by atoms with Gasteiger partial charge in [-0.2, -0.15) is 0 Å². The Morgan fingerprint density at radius 1 is 0.971 bits per heavy atom. The number of aryl methyl sites for hydroxylation is 2. The number of aromatic nitrogens is 1. The van der Waals surface area contributed by atoms with Gasteiger partial charge in [-0.15, -0.1) is 0 Å². The average molecular weight is 506 g/mol. The van der Waals surface area contributed by atoms with Gasteiger partial charge in [-0.05, 0) is 81.5 Å². The van der Waals surface area contributed by atoms with Crippen molar-refractivity contribution >= 4 is 7.60 Å². The lowest BCUT2D eigenvalue weighted by atomic mass is 9.86. The number of hydrogen-bond acceptors (Lipinski definition) is 7. The van der Waals surface area contributed by atoms with E-state index in [4.69, 9.17) is 28.2 Å². The minimum absolute atomic E-state index is 0.109. The van der Waals surface area contributed by atoms with E-state index in [-0.39, 0.29) is 13.1 Å². The van der Waals surface area contributed by atoms with Crippen LogP contribution in [-0.2, 0) is 24.8 Å². The molecule has 1 saturated carbocycles. The Morgan fingerprint density at radius 2 is 1.63 bits per heavy atom. The van der Waals surface area contributed by atoms with Crippen molar-refractivity contribution in [3.8, 4) is 11.5 Å². The lowest BCUT2D eigenvalue weighted by Crippen LogP contribution is -2.12. The largest absolute Gasteiger partial charge is 0.481 e. The van der Waals surface area contributed by atoms with Gasteiger partial charge in [0.25, 0.3) is 0 Å². The molecular weight excluding hydrogens is 465 g/mol. The third kappa shape index (κ3) is 7.78. The van der Waals surface area contributed by atoms with Crippen LogP contribution in [0.1, 0.15) is 79.9 Å². The Kier molecular flexibility index (Phi) is 10.6. The summed E-state index contributed by atoms with van der Waals surface area (Å²) in [5.41, 5.74) is 5.49. The van der Waals surface area contributed by atoms with Gasteiger partial charge >= 0.3 is 7.60 Å². The maximum absolute atomic E-state index is 12.7. The molecule has 0 aliphatic heterocycles. The Bertz CT molecular complexity index is 972. The van der Waals surface area contributed by atoms with Gasteiger partial charge < -0.3 is 23.3 Å². The minimum atomic E-state index is -3.27. The van der Waals surface area contributed by atoms with Gasteiger partial charge in [0.1, 0.15) is 11.5 Å². The van der Waals surface area contributed by atoms with Crippen molar-refractivity contribution in [1.29, 1.82) is 0 Å². The summed E-state index contributed by atoms with van der Waals surface area (Å²) in [5, 5.41) is 0. The van der Waals surface area contributed by atoms with Crippen LogP contribution in [0.3, 0.4) is 0 Å². The van der Waals surface area contributed by atoms with Crippen molar-refractivity contribution in [1.82, 2.24) is 4.98 Å². The fourth-order valence-electron chi connectivity index (χ4n) is 4.67. The predicted molar refractivity (Wildman–Crippen MR) is 138 cm³/mol. The molecular formula is C27H40NO6P. The highest BCUT2D eigenvalue weighted by atomic mass is 31.2. The lowest BCUT2D eigenvalue weighted by Gasteiger charge is -2.24. The molecule has 1 fully saturated rings. The molecule has 0 N–H and O–H groups in total. The number of benzene rings is 1. The molecule has 0 atom stereocenters. The second kappa shape index (κ2) is 13.4. The maximum Gasteiger partial charge on any atom is 0.367 e. The standard InChI is InChI=1S/C27H40NO6P/c1-6-33-35(29,34-7-2)19-32-24-15-20(3)25(21(4)16-24)17-23-13-14-26(31-18-30-5)27(28-23)22-11-9-8-10-12-22/h13-16,22H,6-12,17-19H2,1-5H3. The van der Waals surface area contributed by atoms with E-state index in [1.807, 2.05) is 24.3 Å². The van der Waals surface area contributed by atoms with Gasteiger partial charge in [0, 0.05) is 25.1 Å². The third-order valence-corrected chi connectivity index (χ3v) is 8.08. The van der Waals surface area contributed by atoms with Gasteiger partial charge in [-0.3, -0.25) is 9.55 Å². The summed E-state index contributed by atoms with van der Waals surface area (Å²) in [4.78, 5) is 5.08. The Balaban J connectivity index is 1.78. The first-order valence-corrected chi connectivity index (χ1v) is 14.3. The molecule has 1 aromatic heterocycles. The van der Waals surface area contributed by atoms with Crippen molar-refractivity contribution in [2.75, 3.05) is 33.5 Å². The second-order valence-electron chi connectivity index (χ2n) is 9.00. The Labute approximate surface area is 210 Å². The smallest absolute Gasteiger partial charge is 0.367 e. The quantitative estimate of drug-likeness (QED) is 0.216. The van der Waals surface area contributed by atoms with E-state index >= 15 is 0 Å². The molecule has 0 spiro atoms. The molecule has 1 aliphatic carbocycles. The van der Waals surface area contributed by atoms with Gasteiger partial charge in [-0.25, -0.2) is 0 Å². The van der Waals surface area contributed by atoms with E-state index in [0.29, 0.717) is 24.9 Å².